The predicted octanol–water partition coefficient (Wildman–Crippen LogP) is 4.86. The van der Waals surface area contributed by atoms with Crippen molar-refractivity contribution in [3.05, 3.63) is 68.3 Å². The summed E-state index contributed by atoms with van der Waals surface area (Å²) >= 11 is 5.98. The third-order valence-electron chi connectivity index (χ3n) is 5.26. The zero-order valence-corrected chi connectivity index (χ0v) is 16.3. The minimum absolute atomic E-state index is 0.0187. The quantitative estimate of drug-likeness (QED) is 0.448. The fourth-order valence-electron chi connectivity index (χ4n) is 3.58. The van der Waals surface area contributed by atoms with Gasteiger partial charge in [-0.2, -0.15) is 0 Å². The highest BCUT2D eigenvalue weighted by atomic mass is 35.5. The Kier molecular flexibility index (Phi) is 4.96. The molecular weight excluding hydrogens is 401 g/mol. The maximum atomic E-state index is 14.0. The van der Waals surface area contributed by atoms with Crippen LogP contribution >= 0.6 is 11.6 Å². The van der Waals surface area contributed by atoms with Crippen LogP contribution in [0.2, 0.25) is 5.02 Å². The second-order valence-corrected chi connectivity index (χ2v) is 7.53. The first-order valence-corrected chi connectivity index (χ1v) is 9.51. The van der Waals surface area contributed by atoms with Gasteiger partial charge in [-0.15, -0.1) is 0 Å². The number of hydrogen-bond acceptors (Lipinski definition) is 5. The summed E-state index contributed by atoms with van der Waals surface area (Å²) in [5, 5.41) is 11.7. The number of aromatic nitrogens is 1. The van der Waals surface area contributed by atoms with Crippen LogP contribution in [0, 0.1) is 22.9 Å². The molecule has 2 aromatic carbocycles. The van der Waals surface area contributed by atoms with Gasteiger partial charge in [0.15, 0.2) is 11.5 Å². The summed E-state index contributed by atoms with van der Waals surface area (Å²) < 4.78 is 19.9. The number of fused-ring (bicyclic) bond motifs is 1. The number of likely N-dealkylation sites (tertiary alicyclic amines) is 1. The van der Waals surface area contributed by atoms with Gasteiger partial charge in [-0.1, -0.05) is 11.6 Å². The van der Waals surface area contributed by atoms with E-state index >= 15 is 0 Å². The van der Waals surface area contributed by atoms with Crippen molar-refractivity contribution in [1.82, 2.24) is 9.88 Å². The number of piperidine rings is 1. The minimum Gasteiger partial charge on any atom is -0.440 e. The first-order valence-electron chi connectivity index (χ1n) is 9.13. The van der Waals surface area contributed by atoms with E-state index in [9.17, 15) is 19.3 Å². The number of nitrogens with zero attached hydrogens (tertiary/aromatic N) is 3. The number of carbonyl (C=O) groups excluding carboxylic acids is 1. The van der Waals surface area contributed by atoms with Gasteiger partial charge in [-0.3, -0.25) is 14.9 Å². The molecule has 1 amide bonds. The van der Waals surface area contributed by atoms with Gasteiger partial charge in [0.05, 0.1) is 10.5 Å². The molecule has 1 aromatic heterocycles. The third-order valence-corrected chi connectivity index (χ3v) is 5.49. The topological polar surface area (TPSA) is 89.5 Å². The Bertz CT molecular complexity index is 1120. The first-order chi connectivity index (χ1) is 13.8. The summed E-state index contributed by atoms with van der Waals surface area (Å²) in [7, 11) is 0. The van der Waals surface area contributed by atoms with Crippen LogP contribution < -0.4 is 0 Å². The van der Waals surface area contributed by atoms with Gasteiger partial charge < -0.3 is 9.32 Å². The molecule has 3 aromatic rings. The number of carbonyl (C=O) groups is 1. The van der Waals surface area contributed by atoms with Crippen molar-refractivity contribution in [3.8, 4) is 0 Å². The molecule has 1 saturated heterocycles. The molecule has 0 N–H and O–H groups in total. The Morgan fingerprint density at radius 2 is 2.03 bits per heavy atom. The summed E-state index contributed by atoms with van der Waals surface area (Å²) in [5.74, 6) is -0.530. The highest BCUT2D eigenvalue weighted by Gasteiger charge is 2.29. The molecular formula is C20H17ClFN3O4. The van der Waals surface area contributed by atoms with Gasteiger partial charge in [0.1, 0.15) is 11.3 Å². The number of rotatable bonds is 3. The summed E-state index contributed by atoms with van der Waals surface area (Å²) in [6.45, 7) is 2.17. The second-order valence-electron chi connectivity index (χ2n) is 7.09. The lowest BCUT2D eigenvalue weighted by molar-refractivity contribution is -0.385. The van der Waals surface area contributed by atoms with Gasteiger partial charge in [0.2, 0.25) is 0 Å². The van der Waals surface area contributed by atoms with E-state index in [-0.39, 0.29) is 17.0 Å². The van der Waals surface area contributed by atoms with Crippen LogP contribution in [0.1, 0.15) is 40.6 Å². The highest BCUT2D eigenvalue weighted by molar-refractivity contribution is 6.31. The summed E-state index contributed by atoms with van der Waals surface area (Å²) in [4.78, 5) is 29.2. The molecule has 150 valence electrons. The van der Waals surface area contributed by atoms with Crippen LogP contribution in [0.4, 0.5) is 10.1 Å². The maximum Gasteiger partial charge on any atom is 0.276 e. The molecule has 0 saturated carbocycles. The number of benzene rings is 2. The molecule has 0 aliphatic carbocycles. The lowest BCUT2D eigenvalue weighted by atomic mass is 9.96. The first kappa shape index (κ1) is 19.3. The van der Waals surface area contributed by atoms with Crippen molar-refractivity contribution >= 4 is 34.3 Å². The van der Waals surface area contributed by atoms with Crippen molar-refractivity contribution in [2.24, 2.45) is 0 Å². The van der Waals surface area contributed by atoms with E-state index < -0.39 is 22.3 Å². The summed E-state index contributed by atoms with van der Waals surface area (Å²) in [6, 6.07) is 7.44. The van der Waals surface area contributed by atoms with Gasteiger partial charge in [0, 0.05) is 35.7 Å². The van der Waals surface area contributed by atoms with E-state index in [1.54, 1.807) is 23.1 Å². The average Bonchev–Trinajstić information content (AvgIpc) is 3.12. The molecule has 0 unspecified atom stereocenters. The van der Waals surface area contributed by atoms with Crippen LogP contribution in [0.3, 0.4) is 0 Å². The van der Waals surface area contributed by atoms with Crippen LogP contribution in [0.5, 0.6) is 0 Å². The number of hydrogen-bond donors (Lipinski definition) is 0. The molecule has 2 heterocycles. The Hall–Kier alpha value is -3.00. The third kappa shape index (κ3) is 3.67. The number of amides is 1. The Labute approximate surface area is 170 Å². The largest absolute Gasteiger partial charge is 0.440 e. The molecule has 1 aliphatic rings. The Morgan fingerprint density at radius 3 is 2.72 bits per heavy atom. The molecule has 9 heteroatoms. The molecule has 29 heavy (non-hydrogen) atoms. The molecule has 1 aliphatic heterocycles. The van der Waals surface area contributed by atoms with Crippen molar-refractivity contribution < 1.29 is 18.5 Å². The minimum atomic E-state index is -0.762. The van der Waals surface area contributed by atoms with Crippen LogP contribution in [-0.4, -0.2) is 33.8 Å². The Morgan fingerprint density at radius 1 is 1.31 bits per heavy atom. The van der Waals surface area contributed by atoms with Crippen LogP contribution in [0.25, 0.3) is 11.1 Å². The van der Waals surface area contributed by atoms with Gasteiger partial charge in [-0.05, 0) is 44.0 Å². The molecule has 7 nitrogen and oxygen atoms in total. The van der Waals surface area contributed by atoms with Gasteiger partial charge >= 0.3 is 0 Å². The van der Waals surface area contributed by atoms with Crippen molar-refractivity contribution in [1.29, 1.82) is 0 Å². The SMILES string of the molecule is Cc1c(F)cc(C(=O)N2CCC(c3nc4cc(Cl)ccc4o3)CC2)cc1[N+](=O)[O-]. The number of nitro benzene ring substituents is 1. The van der Waals surface area contributed by atoms with E-state index in [1.165, 1.54) is 6.92 Å². The molecule has 0 bridgehead atoms. The summed E-state index contributed by atoms with van der Waals surface area (Å²) in [5.41, 5.74) is 0.850. The smallest absolute Gasteiger partial charge is 0.276 e. The average molecular weight is 418 g/mol. The van der Waals surface area contributed by atoms with Crippen LogP contribution in [0.15, 0.2) is 34.7 Å². The molecule has 0 spiro atoms. The molecule has 4 rings (SSSR count). The molecule has 0 atom stereocenters. The highest BCUT2D eigenvalue weighted by Crippen LogP contribution is 2.32. The fourth-order valence-corrected chi connectivity index (χ4v) is 3.75. The zero-order chi connectivity index (χ0) is 20.7. The van der Waals surface area contributed by atoms with Crippen molar-refractivity contribution in [3.63, 3.8) is 0 Å². The van der Waals surface area contributed by atoms with E-state index in [0.29, 0.717) is 47.9 Å². The van der Waals surface area contributed by atoms with E-state index in [1.807, 2.05) is 0 Å². The van der Waals surface area contributed by atoms with E-state index in [2.05, 4.69) is 4.98 Å². The normalized spacial score (nSPS) is 15.1. The summed E-state index contributed by atoms with van der Waals surface area (Å²) in [6.07, 6.45) is 1.26. The van der Waals surface area contributed by atoms with Gasteiger partial charge in [-0.25, -0.2) is 9.37 Å². The van der Waals surface area contributed by atoms with Crippen molar-refractivity contribution in [2.75, 3.05) is 13.1 Å². The second kappa shape index (κ2) is 7.44. The van der Waals surface area contributed by atoms with Crippen molar-refractivity contribution in [2.45, 2.75) is 25.7 Å². The van der Waals surface area contributed by atoms with Crippen LogP contribution in [-0.2, 0) is 0 Å². The maximum absolute atomic E-state index is 14.0. The zero-order valence-electron chi connectivity index (χ0n) is 15.5. The standard InChI is InChI=1S/C20H17ClFN3O4/c1-11-15(22)8-13(9-17(11)25(27)28)20(26)24-6-4-12(5-7-24)19-23-16-10-14(21)2-3-18(16)29-19/h2-3,8-10,12H,4-7H2,1H3. The lowest BCUT2D eigenvalue weighted by Gasteiger charge is -2.30. The predicted molar refractivity (Wildman–Crippen MR) is 105 cm³/mol. The number of halogens is 2. The van der Waals surface area contributed by atoms with E-state index in [4.69, 9.17) is 16.0 Å². The fraction of sp³-hybridized carbons (Fsp3) is 0.300. The van der Waals surface area contributed by atoms with Gasteiger partial charge in [0.25, 0.3) is 11.6 Å². The molecule has 0 radical (unpaired) electrons. The lowest BCUT2D eigenvalue weighted by Crippen LogP contribution is -2.38. The molecule has 1 fully saturated rings. The number of oxazole rings is 1. The van der Waals surface area contributed by atoms with E-state index in [0.717, 1.165) is 12.1 Å². The Balaban J connectivity index is 1.49. The monoisotopic (exact) mass is 417 g/mol. The number of nitro groups is 1.